The minimum atomic E-state index is 0.294. The number of nitrogens with zero attached hydrogens (tertiary/aromatic N) is 2. The summed E-state index contributed by atoms with van der Waals surface area (Å²) in [5.74, 6) is 1.29. The highest BCUT2D eigenvalue weighted by atomic mass is 16.5. The molecule has 0 unspecified atom stereocenters. The van der Waals surface area contributed by atoms with Gasteiger partial charge in [-0.2, -0.15) is 0 Å². The molecule has 5 heteroatoms. The van der Waals surface area contributed by atoms with Crippen LogP contribution in [0.1, 0.15) is 24.3 Å². The average Bonchev–Trinajstić information content (AvgIpc) is 3.07. The first-order chi connectivity index (χ1) is 8.79. The van der Waals surface area contributed by atoms with Crippen LogP contribution in [0, 0.1) is 6.92 Å². The molecule has 0 saturated heterocycles. The molecule has 1 N–H and O–H groups in total. The van der Waals surface area contributed by atoms with Gasteiger partial charge in [-0.1, -0.05) is 22.8 Å². The number of hydrogen-bond acceptors (Lipinski definition) is 5. The van der Waals surface area contributed by atoms with Gasteiger partial charge in [0, 0.05) is 6.04 Å². The molecule has 1 heterocycles. The Morgan fingerprint density at radius 2 is 2.06 bits per heavy atom. The molecule has 5 nitrogen and oxygen atoms in total. The number of hydrogen-bond donors (Lipinski definition) is 1. The second kappa shape index (κ2) is 4.68. The highest BCUT2D eigenvalue weighted by Gasteiger charge is 2.23. The van der Waals surface area contributed by atoms with E-state index in [0.29, 0.717) is 24.6 Å². The molecule has 0 amide bonds. The maximum absolute atomic E-state index is 5.56. The van der Waals surface area contributed by atoms with Crippen LogP contribution in [0.4, 0.5) is 6.01 Å². The molecule has 1 saturated carbocycles. The Balaban J connectivity index is 1.55. The standard InChI is InChI=1S/C13H15N3O2/c1-9-2-6-11(7-3-9)17-8-12-15-16-13(18-12)14-10-4-5-10/h2-3,6-7,10H,4-5,8H2,1H3,(H,14,16). The lowest BCUT2D eigenvalue weighted by Crippen LogP contribution is -2.00. The lowest BCUT2D eigenvalue weighted by molar-refractivity contribution is 0.264. The van der Waals surface area contributed by atoms with E-state index in [2.05, 4.69) is 15.5 Å². The van der Waals surface area contributed by atoms with Crippen molar-refractivity contribution in [2.24, 2.45) is 0 Å². The first-order valence-corrected chi connectivity index (χ1v) is 6.08. The van der Waals surface area contributed by atoms with E-state index in [0.717, 1.165) is 5.75 Å². The van der Waals surface area contributed by atoms with Gasteiger partial charge in [-0.25, -0.2) is 0 Å². The zero-order valence-electron chi connectivity index (χ0n) is 10.2. The minimum absolute atomic E-state index is 0.294. The number of ether oxygens (including phenoxy) is 1. The number of nitrogens with one attached hydrogen (secondary N) is 1. The third-order valence-electron chi connectivity index (χ3n) is 2.76. The van der Waals surface area contributed by atoms with Crippen molar-refractivity contribution in [1.82, 2.24) is 10.2 Å². The summed E-state index contributed by atoms with van der Waals surface area (Å²) in [4.78, 5) is 0. The van der Waals surface area contributed by atoms with Gasteiger partial charge in [-0.05, 0) is 31.9 Å². The summed E-state index contributed by atoms with van der Waals surface area (Å²) in [5.41, 5.74) is 1.20. The van der Waals surface area contributed by atoms with Crippen molar-refractivity contribution in [2.45, 2.75) is 32.4 Å². The monoisotopic (exact) mass is 245 g/mol. The van der Waals surface area contributed by atoms with Gasteiger partial charge in [0.05, 0.1) is 0 Å². The molecule has 18 heavy (non-hydrogen) atoms. The van der Waals surface area contributed by atoms with Crippen molar-refractivity contribution in [3.63, 3.8) is 0 Å². The van der Waals surface area contributed by atoms with Gasteiger partial charge < -0.3 is 14.5 Å². The van der Waals surface area contributed by atoms with Crippen molar-refractivity contribution < 1.29 is 9.15 Å². The molecule has 0 radical (unpaired) electrons. The molecule has 0 aliphatic heterocycles. The van der Waals surface area contributed by atoms with Crippen molar-refractivity contribution in [1.29, 1.82) is 0 Å². The normalized spacial score (nSPS) is 14.5. The van der Waals surface area contributed by atoms with Crippen LogP contribution in [0.15, 0.2) is 28.7 Å². The van der Waals surface area contributed by atoms with Crippen molar-refractivity contribution >= 4 is 6.01 Å². The fraction of sp³-hybridized carbons (Fsp3) is 0.385. The fourth-order valence-corrected chi connectivity index (χ4v) is 1.55. The maximum atomic E-state index is 5.56. The van der Waals surface area contributed by atoms with E-state index in [4.69, 9.17) is 9.15 Å². The predicted octanol–water partition coefficient (Wildman–Crippen LogP) is 2.53. The van der Waals surface area contributed by atoms with Crippen LogP contribution in [-0.4, -0.2) is 16.2 Å². The van der Waals surface area contributed by atoms with Crippen LogP contribution < -0.4 is 10.1 Å². The van der Waals surface area contributed by atoms with Gasteiger partial charge in [0.2, 0.25) is 0 Å². The van der Waals surface area contributed by atoms with Crippen molar-refractivity contribution in [3.05, 3.63) is 35.7 Å². The van der Waals surface area contributed by atoms with Gasteiger partial charge in [-0.3, -0.25) is 0 Å². The van der Waals surface area contributed by atoms with Crippen molar-refractivity contribution in [2.75, 3.05) is 5.32 Å². The number of aromatic nitrogens is 2. The Morgan fingerprint density at radius 3 is 2.78 bits per heavy atom. The Hall–Kier alpha value is -2.04. The molecule has 0 atom stereocenters. The molecule has 1 fully saturated rings. The molecule has 2 aromatic rings. The summed E-state index contributed by atoms with van der Waals surface area (Å²) in [6.07, 6.45) is 2.36. The lowest BCUT2D eigenvalue weighted by Gasteiger charge is -2.02. The first-order valence-electron chi connectivity index (χ1n) is 6.08. The number of benzene rings is 1. The third-order valence-corrected chi connectivity index (χ3v) is 2.76. The van der Waals surface area contributed by atoms with E-state index < -0.39 is 0 Å². The van der Waals surface area contributed by atoms with E-state index in [1.807, 2.05) is 31.2 Å². The molecule has 1 aliphatic rings. The Morgan fingerprint density at radius 1 is 1.28 bits per heavy atom. The third kappa shape index (κ3) is 2.80. The largest absolute Gasteiger partial charge is 0.484 e. The SMILES string of the molecule is Cc1ccc(OCc2nnc(NC3CC3)o2)cc1. The second-order valence-corrected chi connectivity index (χ2v) is 4.52. The van der Waals surface area contributed by atoms with E-state index in [1.54, 1.807) is 0 Å². The topological polar surface area (TPSA) is 60.2 Å². The van der Waals surface area contributed by atoms with Crippen LogP contribution in [0.2, 0.25) is 0 Å². The van der Waals surface area contributed by atoms with Crippen LogP contribution in [0.25, 0.3) is 0 Å². The Labute approximate surface area is 105 Å². The summed E-state index contributed by atoms with van der Waals surface area (Å²) >= 11 is 0. The molecule has 1 aromatic heterocycles. The molecule has 94 valence electrons. The zero-order chi connectivity index (χ0) is 12.4. The zero-order valence-corrected chi connectivity index (χ0v) is 10.2. The molecule has 0 bridgehead atoms. The van der Waals surface area contributed by atoms with Gasteiger partial charge >= 0.3 is 6.01 Å². The Kier molecular flexibility index (Phi) is 2.88. The van der Waals surface area contributed by atoms with Gasteiger partial charge in [0.15, 0.2) is 6.61 Å². The van der Waals surface area contributed by atoms with Crippen LogP contribution >= 0.6 is 0 Å². The first kappa shape index (κ1) is 11.1. The molecular weight excluding hydrogens is 230 g/mol. The van der Waals surface area contributed by atoms with E-state index in [-0.39, 0.29) is 0 Å². The van der Waals surface area contributed by atoms with Gasteiger partial charge in [0.1, 0.15) is 5.75 Å². The second-order valence-electron chi connectivity index (χ2n) is 4.52. The molecule has 1 aromatic carbocycles. The van der Waals surface area contributed by atoms with Gasteiger partial charge in [0.25, 0.3) is 5.89 Å². The quantitative estimate of drug-likeness (QED) is 0.877. The predicted molar refractivity (Wildman–Crippen MR) is 66.5 cm³/mol. The Bertz CT molecular complexity index is 517. The fourth-order valence-electron chi connectivity index (χ4n) is 1.55. The van der Waals surface area contributed by atoms with Crippen LogP contribution in [0.3, 0.4) is 0 Å². The smallest absolute Gasteiger partial charge is 0.315 e. The molecule has 1 aliphatic carbocycles. The van der Waals surface area contributed by atoms with E-state index in [9.17, 15) is 0 Å². The summed E-state index contributed by atoms with van der Waals surface area (Å²) < 4.78 is 11.0. The van der Waals surface area contributed by atoms with E-state index >= 15 is 0 Å². The van der Waals surface area contributed by atoms with Crippen LogP contribution in [-0.2, 0) is 6.61 Å². The maximum Gasteiger partial charge on any atom is 0.315 e. The average molecular weight is 245 g/mol. The molecule has 3 rings (SSSR count). The minimum Gasteiger partial charge on any atom is -0.484 e. The van der Waals surface area contributed by atoms with Crippen LogP contribution in [0.5, 0.6) is 5.75 Å². The number of anilines is 1. The van der Waals surface area contributed by atoms with E-state index in [1.165, 1.54) is 18.4 Å². The highest BCUT2D eigenvalue weighted by Crippen LogP contribution is 2.24. The van der Waals surface area contributed by atoms with Gasteiger partial charge in [-0.15, -0.1) is 5.10 Å². The summed E-state index contributed by atoms with van der Waals surface area (Å²) in [7, 11) is 0. The summed E-state index contributed by atoms with van der Waals surface area (Å²) in [6, 6.07) is 8.85. The summed E-state index contributed by atoms with van der Waals surface area (Å²) in [6.45, 7) is 2.33. The number of aryl methyl sites for hydroxylation is 1. The highest BCUT2D eigenvalue weighted by molar-refractivity contribution is 5.26. The molecular formula is C13H15N3O2. The lowest BCUT2D eigenvalue weighted by atomic mass is 10.2. The number of rotatable bonds is 5. The molecule has 0 spiro atoms. The summed E-state index contributed by atoms with van der Waals surface area (Å²) in [5, 5.41) is 11.0. The van der Waals surface area contributed by atoms with Crippen molar-refractivity contribution in [3.8, 4) is 5.75 Å².